The Morgan fingerprint density at radius 2 is 1.80 bits per heavy atom. The quantitative estimate of drug-likeness (QED) is 0.695. The van der Waals surface area contributed by atoms with E-state index in [2.05, 4.69) is 18.7 Å². The van der Waals surface area contributed by atoms with E-state index in [0.717, 1.165) is 5.56 Å². The lowest BCUT2D eigenvalue weighted by Gasteiger charge is -2.16. The fraction of sp³-hybridized carbons (Fsp3) is 0.231. The zero-order valence-electron chi connectivity index (χ0n) is 8.48. The van der Waals surface area contributed by atoms with Crippen LogP contribution in [-0.2, 0) is 6.42 Å². The first-order valence-electron chi connectivity index (χ1n) is 4.74. The van der Waals surface area contributed by atoms with Gasteiger partial charge in [0.1, 0.15) is 0 Å². The average Bonchev–Trinajstić information content (AvgIpc) is 2.30. The third kappa shape index (κ3) is 2.69. The molecule has 0 amide bonds. The molecule has 1 rings (SSSR count). The molecular formula is C13H12N2. The number of hydrogen-bond acceptors (Lipinski definition) is 2. The maximum Gasteiger partial charge on any atom is 0.151 e. The highest BCUT2D eigenvalue weighted by Crippen LogP contribution is 2.25. The van der Waals surface area contributed by atoms with Crippen LogP contribution in [0.4, 0.5) is 0 Å². The smallest absolute Gasteiger partial charge is 0.151 e. The van der Waals surface area contributed by atoms with Gasteiger partial charge in [-0.1, -0.05) is 36.4 Å². The fourth-order valence-electron chi connectivity index (χ4n) is 1.46. The molecule has 0 unspecified atom stereocenters. The lowest BCUT2D eigenvalue weighted by atomic mass is 9.81. The van der Waals surface area contributed by atoms with E-state index in [9.17, 15) is 0 Å². The van der Waals surface area contributed by atoms with Gasteiger partial charge in [-0.25, -0.2) is 0 Å². The molecule has 74 valence electrons. The van der Waals surface area contributed by atoms with Gasteiger partial charge in [0, 0.05) is 6.42 Å². The lowest BCUT2D eigenvalue weighted by Crippen LogP contribution is -2.18. The zero-order chi connectivity index (χ0) is 11.1. The molecule has 0 atom stereocenters. The first-order valence-corrected chi connectivity index (χ1v) is 4.74. The SMILES string of the molecule is C=CCC(C#N)(C#N)Cc1ccccc1. The summed E-state index contributed by atoms with van der Waals surface area (Å²) < 4.78 is 0. The normalized spacial score (nSPS) is 10.0. The van der Waals surface area contributed by atoms with E-state index in [1.807, 2.05) is 30.3 Å². The summed E-state index contributed by atoms with van der Waals surface area (Å²) in [6.07, 6.45) is 2.47. The molecule has 15 heavy (non-hydrogen) atoms. The molecule has 0 bridgehead atoms. The molecule has 0 N–H and O–H groups in total. The van der Waals surface area contributed by atoms with Gasteiger partial charge >= 0.3 is 0 Å². The number of benzene rings is 1. The van der Waals surface area contributed by atoms with Gasteiger partial charge in [0.05, 0.1) is 12.1 Å². The largest absolute Gasteiger partial charge is 0.197 e. The van der Waals surface area contributed by atoms with Crippen LogP contribution in [0.3, 0.4) is 0 Å². The molecule has 1 aromatic carbocycles. The van der Waals surface area contributed by atoms with Crippen molar-refractivity contribution in [3.05, 3.63) is 48.6 Å². The van der Waals surface area contributed by atoms with E-state index in [4.69, 9.17) is 10.5 Å². The van der Waals surface area contributed by atoms with E-state index in [1.54, 1.807) is 6.08 Å². The maximum atomic E-state index is 9.05. The summed E-state index contributed by atoms with van der Waals surface area (Å²) in [7, 11) is 0. The summed E-state index contributed by atoms with van der Waals surface area (Å²) in [5.74, 6) is 0. The van der Waals surface area contributed by atoms with Gasteiger partial charge in [-0.2, -0.15) is 10.5 Å². The van der Waals surface area contributed by atoms with Crippen molar-refractivity contribution in [2.75, 3.05) is 0 Å². The fourth-order valence-corrected chi connectivity index (χ4v) is 1.46. The monoisotopic (exact) mass is 196 g/mol. The molecule has 0 heterocycles. The second-order valence-corrected chi connectivity index (χ2v) is 3.46. The molecular weight excluding hydrogens is 184 g/mol. The molecule has 0 saturated carbocycles. The van der Waals surface area contributed by atoms with Crippen molar-refractivity contribution in [1.29, 1.82) is 10.5 Å². The summed E-state index contributed by atoms with van der Waals surface area (Å²) in [5.41, 5.74) is 0.0331. The predicted octanol–water partition coefficient (Wildman–Crippen LogP) is 2.84. The van der Waals surface area contributed by atoms with Gasteiger partial charge in [0.25, 0.3) is 0 Å². The van der Waals surface area contributed by atoms with Gasteiger partial charge in [0.2, 0.25) is 0 Å². The van der Waals surface area contributed by atoms with Gasteiger partial charge in [-0.3, -0.25) is 0 Å². The molecule has 0 aromatic heterocycles. The average molecular weight is 196 g/mol. The van der Waals surface area contributed by atoms with Crippen LogP contribution in [0.5, 0.6) is 0 Å². The first kappa shape index (κ1) is 11.0. The van der Waals surface area contributed by atoms with Crippen LogP contribution in [0.2, 0.25) is 0 Å². The first-order chi connectivity index (χ1) is 7.26. The van der Waals surface area contributed by atoms with Crippen molar-refractivity contribution in [2.45, 2.75) is 12.8 Å². The zero-order valence-corrected chi connectivity index (χ0v) is 8.48. The Kier molecular flexibility index (Phi) is 3.66. The van der Waals surface area contributed by atoms with Crippen molar-refractivity contribution < 1.29 is 0 Å². The highest BCUT2D eigenvalue weighted by Gasteiger charge is 2.28. The van der Waals surface area contributed by atoms with Crippen LogP contribution in [-0.4, -0.2) is 0 Å². The molecule has 0 aliphatic heterocycles. The molecule has 0 saturated heterocycles. The van der Waals surface area contributed by atoms with Crippen molar-refractivity contribution in [3.63, 3.8) is 0 Å². The highest BCUT2D eigenvalue weighted by molar-refractivity contribution is 5.25. The molecule has 1 aromatic rings. The summed E-state index contributed by atoms with van der Waals surface area (Å²) in [6, 6.07) is 13.7. The van der Waals surface area contributed by atoms with Gasteiger partial charge < -0.3 is 0 Å². The summed E-state index contributed by atoms with van der Waals surface area (Å²) in [4.78, 5) is 0. The Morgan fingerprint density at radius 3 is 2.27 bits per heavy atom. The second kappa shape index (κ2) is 4.98. The minimum Gasteiger partial charge on any atom is -0.197 e. The van der Waals surface area contributed by atoms with Crippen LogP contribution in [0.1, 0.15) is 12.0 Å². The van der Waals surface area contributed by atoms with Gasteiger partial charge in [-0.15, -0.1) is 6.58 Å². The second-order valence-electron chi connectivity index (χ2n) is 3.46. The molecule has 0 fully saturated rings. The molecule has 0 aliphatic carbocycles. The predicted molar refractivity (Wildman–Crippen MR) is 58.6 cm³/mol. The number of nitriles is 2. The molecule has 2 heteroatoms. The molecule has 0 radical (unpaired) electrons. The van der Waals surface area contributed by atoms with Crippen LogP contribution >= 0.6 is 0 Å². The van der Waals surface area contributed by atoms with Crippen LogP contribution in [0.15, 0.2) is 43.0 Å². The minimum absolute atomic E-state index is 0.398. The third-order valence-electron chi connectivity index (χ3n) is 2.27. The summed E-state index contributed by atoms with van der Waals surface area (Å²) in [5, 5.41) is 18.1. The Labute approximate surface area is 90.1 Å². The van der Waals surface area contributed by atoms with Crippen molar-refractivity contribution in [2.24, 2.45) is 5.41 Å². The van der Waals surface area contributed by atoms with Crippen molar-refractivity contribution in [3.8, 4) is 12.1 Å². The van der Waals surface area contributed by atoms with Crippen LogP contribution < -0.4 is 0 Å². The maximum absolute atomic E-state index is 9.05. The van der Waals surface area contributed by atoms with E-state index >= 15 is 0 Å². The van der Waals surface area contributed by atoms with Gasteiger partial charge in [-0.05, 0) is 12.0 Å². The third-order valence-corrected chi connectivity index (χ3v) is 2.27. The van der Waals surface area contributed by atoms with E-state index in [-0.39, 0.29) is 0 Å². The summed E-state index contributed by atoms with van der Waals surface area (Å²) >= 11 is 0. The molecule has 0 aliphatic rings. The van der Waals surface area contributed by atoms with Crippen LogP contribution in [0.25, 0.3) is 0 Å². The summed E-state index contributed by atoms with van der Waals surface area (Å²) in [6.45, 7) is 3.58. The Bertz CT molecular complexity index is 392. The molecule has 2 nitrogen and oxygen atoms in total. The molecule has 0 spiro atoms. The number of nitrogens with zero attached hydrogens (tertiary/aromatic N) is 2. The Morgan fingerprint density at radius 1 is 1.20 bits per heavy atom. The van der Waals surface area contributed by atoms with E-state index in [1.165, 1.54) is 0 Å². The number of rotatable bonds is 4. The topological polar surface area (TPSA) is 47.6 Å². The van der Waals surface area contributed by atoms with E-state index < -0.39 is 5.41 Å². The van der Waals surface area contributed by atoms with Gasteiger partial charge in [0.15, 0.2) is 5.41 Å². The van der Waals surface area contributed by atoms with Crippen molar-refractivity contribution in [1.82, 2.24) is 0 Å². The van der Waals surface area contributed by atoms with Crippen molar-refractivity contribution >= 4 is 0 Å². The van der Waals surface area contributed by atoms with E-state index in [0.29, 0.717) is 12.8 Å². The Balaban J connectivity index is 2.91. The lowest BCUT2D eigenvalue weighted by molar-refractivity contribution is 0.527. The highest BCUT2D eigenvalue weighted by atomic mass is 14.4. The number of hydrogen-bond donors (Lipinski definition) is 0. The number of allylic oxidation sites excluding steroid dienone is 1. The van der Waals surface area contributed by atoms with Crippen LogP contribution in [0, 0.1) is 28.1 Å². The standard InChI is InChI=1S/C13H12N2/c1-2-8-13(10-14,11-15)9-12-6-4-3-5-7-12/h2-7H,1,8-9H2. The minimum atomic E-state index is -0.969. The Hall–Kier alpha value is -2.06.